The molecule has 1 aliphatic heterocycles. The third kappa shape index (κ3) is 4.37. The Balaban J connectivity index is 1.93. The number of nitrogens with one attached hydrogen (secondary N) is 1. The van der Waals surface area contributed by atoms with Gasteiger partial charge in [0, 0.05) is 26.7 Å². The fraction of sp³-hybridized carbons (Fsp3) is 0.625. The number of hydrogen-bond acceptors (Lipinski definition) is 3. The quantitative estimate of drug-likeness (QED) is 0.780. The van der Waals surface area contributed by atoms with Crippen molar-refractivity contribution < 1.29 is 4.74 Å². The van der Waals surface area contributed by atoms with Crippen LogP contribution in [0.15, 0.2) is 18.2 Å². The molecule has 2 rings (SSSR count). The van der Waals surface area contributed by atoms with Gasteiger partial charge in [-0.2, -0.15) is 0 Å². The number of benzene rings is 1. The van der Waals surface area contributed by atoms with E-state index in [4.69, 9.17) is 16.3 Å². The summed E-state index contributed by atoms with van der Waals surface area (Å²) in [6.07, 6.45) is 3.83. The minimum atomic E-state index is 0.349. The minimum absolute atomic E-state index is 0.349. The number of hydrogen-bond donors (Lipinski definition) is 1. The molecular weight excluding hydrogens is 272 g/mol. The van der Waals surface area contributed by atoms with Crippen LogP contribution in [0.3, 0.4) is 0 Å². The maximum atomic E-state index is 6.41. The summed E-state index contributed by atoms with van der Waals surface area (Å²) in [4.78, 5) is 2.20. The maximum absolute atomic E-state index is 6.41. The van der Waals surface area contributed by atoms with E-state index in [-0.39, 0.29) is 0 Å². The summed E-state index contributed by atoms with van der Waals surface area (Å²) >= 11 is 6.41. The molecule has 4 heteroatoms. The van der Waals surface area contributed by atoms with Crippen LogP contribution in [-0.4, -0.2) is 32.8 Å². The Kier molecular flexibility index (Phi) is 6.14. The molecule has 0 amide bonds. The van der Waals surface area contributed by atoms with Crippen LogP contribution in [0.25, 0.3) is 0 Å². The monoisotopic (exact) mass is 296 g/mol. The van der Waals surface area contributed by atoms with Crippen molar-refractivity contribution in [3.8, 4) is 0 Å². The molecule has 0 bridgehead atoms. The van der Waals surface area contributed by atoms with Crippen LogP contribution in [0.5, 0.6) is 0 Å². The van der Waals surface area contributed by atoms with Crippen LogP contribution < -0.4 is 10.2 Å². The predicted octanol–water partition coefficient (Wildman–Crippen LogP) is 3.45. The molecule has 0 spiro atoms. The molecular formula is C16H25ClN2O. The van der Waals surface area contributed by atoms with Gasteiger partial charge in [-0.05, 0) is 43.5 Å². The lowest BCUT2D eigenvalue weighted by atomic mass is 10.1. The number of likely N-dealkylation sites (N-methyl/N-ethyl adjacent to an activating group) is 1. The highest BCUT2D eigenvalue weighted by Gasteiger charge is 2.18. The van der Waals surface area contributed by atoms with E-state index >= 15 is 0 Å². The molecule has 3 nitrogen and oxygen atoms in total. The molecule has 1 aromatic carbocycles. The molecule has 0 aromatic heterocycles. The highest BCUT2D eigenvalue weighted by Crippen LogP contribution is 2.27. The highest BCUT2D eigenvalue weighted by atomic mass is 35.5. The summed E-state index contributed by atoms with van der Waals surface area (Å²) in [6, 6.07) is 6.32. The zero-order chi connectivity index (χ0) is 14.4. The number of nitrogens with zero attached hydrogens (tertiary/aromatic N) is 1. The Bertz CT molecular complexity index is 419. The smallest absolute Gasteiger partial charge is 0.0750 e. The van der Waals surface area contributed by atoms with Gasteiger partial charge in [-0.1, -0.05) is 24.6 Å². The summed E-state index contributed by atoms with van der Waals surface area (Å²) in [5.41, 5.74) is 2.32. The first-order valence-corrected chi connectivity index (χ1v) is 7.90. The van der Waals surface area contributed by atoms with Crippen LogP contribution >= 0.6 is 11.6 Å². The molecule has 1 atom stereocenters. The van der Waals surface area contributed by atoms with E-state index in [1.165, 1.54) is 12.0 Å². The van der Waals surface area contributed by atoms with Gasteiger partial charge in [-0.25, -0.2) is 0 Å². The third-order valence-corrected chi connectivity index (χ3v) is 3.98. The van der Waals surface area contributed by atoms with Gasteiger partial charge in [0.1, 0.15) is 0 Å². The molecule has 112 valence electrons. The summed E-state index contributed by atoms with van der Waals surface area (Å²) in [5.74, 6) is 0. The lowest BCUT2D eigenvalue weighted by Gasteiger charge is -2.24. The molecule has 1 heterocycles. The highest BCUT2D eigenvalue weighted by molar-refractivity contribution is 6.33. The summed E-state index contributed by atoms with van der Waals surface area (Å²) in [6.45, 7) is 5.89. The van der Waals surface area contributed by atoms with Crippen LogP contribution in [0, 0.1) is 0 Å². The second-order valence-corrected chi connectivity index (χ2v) is 5.89. The van der Waals surface area contributed by atoms with Crippen molar-refractivity contribution in [2.24, 2.45) is 0 Å². The molecule has 1 fully saturated rings. The molecule has 1 aliphatic rings. The van der Waals surface area contributed by atoms with E-state index < -0.39 is 0 Å². The van der Waals surface area contributed by atoms with Gasteiger partial charge in [-0.15, -0.1) is 0 Å². The molecule has 20 heavy (non-hydrogen) atoms. The molecule has 1 N–H and O–H groups in total. The molecule has 0 radical (unpaired) electrons. The van der Waals surface area contributed by atoms with Gasteiger partial charge >= 0.3 is 0 Å². The van der Waals surface area contributed by atoms with Gasteiger partial charge in [-0.3, -0.25) is 0 Å². The Morgan fingerprint density at radius 2 is 2.30 bits per heavy atom. The van der Waals surface area contributed by atoms with Crippen molar-refractivity contribution in [3.63, 3.8) is 0 Å². The lowest BCUT2D eigenvalue weighted by molar-refractivity contribution is 0.116. The molecule has 1 aromatic rings. The molecule has 0 aliphatic carbocycles. The Labute approximate surface area is 127 Å². The fourth-order valence-corrected chi connectivity index (χ4v) is 2.92. The molecule has 1 unspecified atom stereocenters. The first kappa shape index (κ1) is 15.6. The van der Waals surface area contributed by atoms with Gasteiger partial charge in [0.05, 0.1) is 16.8 Å². The standard InChI is InChI=1S/C16H25ClN2O/c1-3-8-18-11-13-6-7-16(15(17)10-13)19(2)12-14-5-4-9-20-14/h6-7,10,14,18H,3-5,8-9,11-12H2,1-2H3. The Morgan fingerprint density at radius 3 is 2.95 bits per heavy atom. The van der Waals surface area contributed by atoms with Gasteiger partial charge in [0.25, 0.3) is 0 Å². The second-order valence-electron chi connectivity index (χ2n) is 5.48. The zero-order valence-electron chi connectivity index (χ0n) is 12.5. The van der Waals surface area contributed by atoms with E-state index in [0.717, 1.165) is 49.8 Å². The van der Waals surface area contributed by atoms with Crippen LogP contribution in [0.2, 0.25) is 5.02 Å². The minimum Gasteiger partial charge on any atom is -0.376 e. The fourth-order valence-electron chi connectivity index (χ4n) is 2.57. The number of ether oxygens (including phenoxy) is 1. The van der Waals surface area contributed by atoms with Crippen LogP contribution in [0.1, 0.15) is 31.7 Å². The van der Waals surface area contributed by atoms with Crippen molar-refractivity contribution >= 4 is 17.3 Å². The molecule has 1 saturated heterocycles. The topological polar surface area (TPSA) is 24.5 Å². The van der Waals surface area contributed by atoms with Crippen molar-refractivity contribution in [1.29, 1.82) is 0 Å². The average Bonchev–Trinajstić information content (AvgIpc) is 2.92. The van der Waals surface area contributed by atoms with E-state index in [2.05, 4.69) is 42.4 Å². The van der Waals surface area contributed by atoms with E-state index in [1.54, 1.807) is 0 Å². The first-order chi connectivity index (χ1) is 9.70. The van der Waals surface area contributed by atoms with Crippen LogP contribution in [-0.2, 0) is 11.3 Å². The maximum Gasteiger partial charge on any atom is 0.0750 e. The average molecular weight is 297 g/mol. The second kappa shape index (κ2) is 7.87. The number of rotatable bonds is 7. The summed E-state index contributed by atoms with van der Waals surface area (Å²) in [7, 11) is 2.08. The Hall–Kier alpha value is -0.770. The summed E-state index contributed by atoms with van der Waals surface area (Å²) < 4.78 is 5.68. The van der Waals surface area contributed by atoms with E-state index in [9.17, 15) is 0 Å². The van der Waals surface area contributed by atoms with Gasteiger partial charge in [0.2, 0.25) is 0 Å². The van der Waals surface area contributed by atoms with Gasteiger partial charge in [0.15, 0.2) is 0 Å². The van der Waals surface area contributed by atoms with Crippen molar-refractivity contribution in [2.45, 2.75) is 38.8 Å². The third-order valence-electron chi connectivity index (χ3n) is 3.68. The van der Waals surface area contributed by atoms with E-state index in [0.29, 0.717) is 6.10 Å². The first-order valence-electron chi connectivity index (χ1n) is 7.52. The largest absolute Gasteiger partial charge is 0.376 e. The summed E-state index contributed by atoms with van der Waals surface area (Å²) in [5, 5.41) is 4.21. The van der Waals surface area contributed by atoms with Crippen molar-refractivity contribution in [1.82, 2.24) is 5.32 Å². The van der Waals surface area contributed by atoms with Crippen molar-refractivity contribution in [2.75, 3.05) is 31.6 Å². The van der Waals surface area contributed by atoms with Gasteiger partial charge < -0.3 is 15.0 Å². The normalized spacial score (nSPS) is 18.4. The SMILES string of the molecule is CCCNCc1ccc(N(C)CC2CCCO2)c(Cl)c1. The Morgan fingerprint density at radius 1 is 1.45 bits per heavy atom. The zero-order valence-corrected chi connectivity index (χ0v) is 13.2. The van der Waals surface area contributed by atoms with Crippen LogP contribution in [0.4, 0.5) is 5.69 Å². The predicted molar refractivity (Wildman–Crippen MR) is 85.7 cm³/mol. The van der Waals surface area contributed by atoms with Crippen molar-refractivity contribution in [3.05, 3.63) is 28.8 Å². The van der Waals surface area contributed by atoms with E-state index in [1.807, 2.05) is 0 Å². The lowest BCUT2D eigenvalue weighted by Crippen LogP contribution is -2.28. The molecule has 0 saturated carbocycles. The number of halogens is 1. The number of anilines is 1.